The predicted octanol–water partition coefficient (Wildman–Crippen LogP) is 7.34. The summed E-state index contributed by atoms with van der Waals surface area (Å²) in [7, 11) is 0. The molecule has 2 amide bonds. The van der Waals surface area contributed by atoms with E-state index in [4.69, 9.17) is 9.26 Å². The van der Waals surface area contributed by atoms with E-state index in [2.05, 4.69) is 55.2 Å². The zero-order valence-corrected chi connectivity index (χ0v) is 47.4. The second-order valence-electron chi connectivity index (χ2n) is 23.4. The zero-order valence-electron chi connectivity index (χ0n) is 46.5. The average Bonchev–Trinajstić information content (AvgIpc) is 4.27. The van der Waals surface area contributed by atoms with Crippen molar-refractivity contribution in [3.8, 4) is 33.3 Å². The highest BCUT2D eigenvalue weighted by Crippen LogP contribution is 2.38. The van der Waals surface area contributed by atoms with E-state index >= 15 is 0 Å². The monoisotopic (exact) mass is 1120 g/mol. The highest BCUT2D eigenvalue weighted by atomic mass is 32.1. The van der Waals surface area contributed by atoms with Gasteiger partial charge < -0.3 is 49.4 Å². The molecule has 19 nitrogen and oxygen atoms in total. The number of β-amino-alcohol motifs (C(OH)–C–C–N with tert-alkyl or cyclic N) is 1. The molecule has 7 aromatic rings. The smallest absolute Gasteiger partial charge is 0.253 e. The van der Waals surface area contributed by atoms with Crippen LogP contribution in [0, 0.1) is 24.7 Å². The number of pyridine rings is 2. The van der Waals surface area contributed by atoms with Gasteiger partial charge in [-0.3, -0.25) is 19.3 Å². The van der Waals surface area contributed by atoms with E-state index in [0.29, 0.717) is 59.9 Å². The van der Waals surface area contributed by atoms with Gasteiger partial charge in [0, 0.05) is 106 Å². The van der Waals surface area contributed by atoms with Crippen LogP contribution in [-0.4, -0.2) is 151 Å². The number of rotatable bonds is 16. The highest BCUT2D eigenvalue weighted by Gasteiger charge is 2.44. The van der Waals surface area contributed by atoms with E-state index in [9.17, 15) is 24.6 Å². The first-order chi connectivity index (χ1) is 39.3. The first-order valence-electron chi connectivity index (χ1n) is 28.8. The molecule has 4 fully saturated rings. The summed E-state index contributed by atoms with van der Waals surface area (Å²) in [5.74, 6) is 1.89. The number of likely N-dealkylation sites (tertiary alicyclic amines) is 2. The van der Waals surface area contributed by atoms with Gasteiger partial charge in [-0.2, -0.15) is 0 Å². The summed E-state index contributed by atoms with van der Waals surface area (Å²) in [5.41, 5.74) is 8.92. The van der Waals surface area contributed by atoms with Crippen LogP contribution < -0.4 is 25.4 Å². The molecule has 4 aliphatic heterocycles. The summed E-state index contributed by atoms with van der Waals surface area (Å²) in [5, 5.41) is 38.4. The van der Waals surface area contributed by atoms with E-state index < -0.39 is 18.1 Å². The maximum atomic E-state index is 14.4. The summed E-state index contributed by atoms with van der Waals surface area (Å²) < 4.78 is 12.4. The fraction of sp³-hybridized carbons (Fsp3) is 0.475. The number of nitrogens with zero attached hydrogens (tertiary/aromatic N) is 10. The number of aromatic nitrogens is 6. The van der Waals surface area contributed by atoms with E-state index in [1.165, 1.54) is 17.7 Å². The fourth-order valence-electron chi connectivity index (χ4n) is 12.9. The molecule has 0 bridgehead atoms. The Morgan fingerprint density at radius 1 is 0.864 bits per heavy atom. The normalized spacial score (nSPS) is 21.7. The molecule has 5 aliphatic rings. The summed E-state index contributed by atoms with van der Waals surface area (Å²) >= 11 is 1.60. The second kappa shape index (κ2) is 23.3. The Morgan fingerprint density at radius 2 is 1.63 bits per heavy atom. The molecule has 3 saturated heterocycles. The fourth-order valence-corrected chi connectivity index (χ4v) is 13.7. The Hall–Kier alpha value is -7.26. The van der Waals surface area contributed by atoms with Gasteiger partial charge in [-0.25, -0.2) is 9.97 Å². The number of piperazine rings is 1. The Labute approximate surface area is 475 Å². The molecule has 4 N–H and O–H groups in total. The topological polar surface area (TPSA) is 223 Å². The number of anilines is 2. The minimum Gasteiger partial charge on any atom is -0.507 e. The number of phenolic OH excluding ortho intramolecular Hbond substituents is 1. The summed E-state index contributed by atoms with van der Waals surface area (Å²) in [6, 6.07) is 21.9. The van der Waals surface area contributed by atoms with Crippen LogP contribution in [0.2, 0.25) is 0 Å². The molecule has 2 aromatic carbocycles. The van der Waals surface area contributed by atoms with Gasteiger partial charge in [-0.05, 0) is 118 Å². The van der Waals surface area contributed by atoms with Crippen LogP contribution in [0.1, 0.15) is 93.0 Å². The number of amides is 2. The Bertz CT molecular complexity index is 3440. The quantitative estimate of drug-likeness (QED) is 0.0743. The lowest BCUT2D eigenvalue weighted by Gasteiger charge is -2.42. The average molecular weight is 1120 g/mol. The first-order valence-corrected chi connectivity index (χ1v) is 29.7. The minimum absolute atomic E-state index is 0.0814. The van der Waals surface area contributed by atoms with E-state index in [0.717, 1.165) is 115 Å². The number of thiazole rings is 1. The van der Waals surface area contributed by atoms with Gasteiger partial charge in [0.05, 0.1) is 33.9 Å². The maximum Gasteiger partial charge on any atom is 0.253 e. The molecule has 12 rings (SSSR count). The number of aromatic hydroxyl groups is 1. The number of benzene rings is 2. The molecule has 9 heterocycles. The van der Waals surface area contributed by atoms with Gasteiger partial charge in [-0.1, -0.05) is 55.4 Å². The Balaban J connectivity index is 0.575. The Morgan fingerprint density at radius 3 is 2.38 bits per heavy atom. The molecule has 4 atom stereocenters. The number of carbonyl (C=O) groups is 2. The number of aliphatic hydroxyl groups excluding tert-OH is 1. The number of carbonyl (C=O) groups excluding carboxylic acids is 2. The summed E-state index contributed by atoms with van der Waals surface area (Å²) in [4.78, 5) is 65.6. The van der Waals surface area contributed by atoms with Crippen LogP contribution in [0.15, 0.2) is 93.8 Å². The molecule has 20 heteroatoms. The van der Waals surface area contributed by atoms with Crippen LogP contribution in [-0.2, 0) is 22.6 Å². The number of aliphatic hydroxyl groups is 1. The number of nitrogens with one attached hydrogen (secondary N) is 2. The number of aryl methyl sites for hydroxylation is 1. The molecule has 5 aromatic heterocycles. The first kappa shape index (κ1) is 54.3. The van der Waals surface area contributed by atoms with Crippen molar-refractivity contribution in [3.05, 3.63) is 123 Å². The van der Waals surface area contributed by atoms with Crippen molar-refractivity contribution in [3.63, 3.8) is 0 Å². The number of fused-ring (bicyclic) bond motifs is 3. The van der Waals surface area contributed by atoms with Gasteiger partial charge in [0.25, 0.3) is 5.56 Å². The lowest BCUT2D eigenvalue weighted by atomic mass is 9.81. The summed E-state index contributed by atoms with van der Waals surface area (Å²) in [6.45, 7) is 17.0. The van der Waals surface area contributed by atoms with E-state index in [1.807, 2.05) is 87.8 Å². The maximum absolute atomic E-state index is 14.4. The van der Waals surface area contributed by atoms with Crippen molar-refractivity contribution in [1.82, 2.24) is 50.3 Å². The third-order valence-corrected chi connectivity index (χ3v) is 18.5. The number of phenols is 1. The van der Waals surface area contributed by atoms with Crippen molar-refractivity contribution in [1.29, 1.82) is 0 Å². The number of piperidine rings is 1. The van der Waals surface area contributed by atoms with Crippen LogP contribution in [0.25, 0.3) is 32.7 Å². The molecule has 81 heavy (non-hydrogen) atoms. The van der Waals surface area contributed by atoms with Crippen molar-refractivity contribution >= 4 is 45.7 Å². The van der Waals surface area contributed by atoms with Gasteiger partial charge in [0.2, 0.25) is 17.7 Å². The third kappa shape index (κ3) is 11.7. The summed E-state index contributed by atoms with van der Waals surface area (Å²) in [6.07, 6.45) is 6.28. The van der Waals surface area contributed by atoms with E-state index in [-0.39, 0.29) is 54.2 Å². The molecule has 424 valence electrons. The van der Waals surface area contributed by atoms with Gasteiger partial charge in [0.15, 0.2) is 17.2 Å². The largest absolute Gasteiger partial charge is 0.507 e. The second-order valence-corrected chi connectivity index (χ2v) is 24.2. The van der Waals surface area contributed by atoms with Crippen molar-refractivity contribution in [2.24, 2.45) is 17.8 Å². The Kier molecular flexibility index (Phi) is 15.6. The standard InChI is InChI=1S/C61H72N12O7S/c1-36(2)56(61(78)73-33-44(74)28-51(73)60(77)64-37(3)41-9-11-42(12-10-41)57-38(4)63-35-81-57)53-30-54(68-80-53)71-23-21-70(22-24-71)31-39-14-18-69(19-15-39)32-40-25-45(26-40)79-55-27-43(13-17-62-55)72-20-16-46-49(34-72)48-29-50(47-7-5-6-8-52(47)75)66-67-58(48)65-59(46)76/h5-13,17,27,29-30,35-37,39-40,44-45,51,56,74-75H,14-16,18-26,28,31-34H2,1-4H3,(H,64,77)(H,65,67,76)/t37-,40-,44+,45-,51-,56+/m0/s1. The lowest BCUT2D eigenvalue weighted by Crippen LogP contribution is -2.49. The molecule has 1 aliphatic carbocycles. The van der Waals surface area contributed by atoms with Crippen LogP contribution in [0.5, 0.6) is 11.6 Å². The predicted molar refractivity (Wildman–Crippen MR) is 310 cm³/mol. The third-order valence-electron chi connectivity index (χ3n) is 17.5. The molecule has 0 spiro atoms. The minimum atomic E-state index is -0.806. The highest BCUT2D eigenvalue weighted by molar-refractivity contribution is 7.13. The lowest BCUT2D eigenvalue weighted by molar-refractivity contribution is -0.141. The number of aromatic amines is 1. The molecular weight excluding hydrogens is 1040 g/mol. The van der Waals surface area contributed by atoms with Gasteiger partial charge in [-0.15, -0.1) is 21.5 Å². The zero-order chi connectivity index (χ0) is 55.9. The SMILES string of the molecule is Cc1ncsc1-c1ccc([C@H](C)NC(=O)[C@@H]2C[C@@H](O)CN2C(=O)[C@@H](c2cc(N3CCN(CC4CCN(C[C@H]5C[C@H](Oc6cc(N7CCc8c(c9cc(-c%10ccccc%10O)nnc9[nH]c8=O)C7)ccn6)C5)CC4)CC3)no2)C(C)C)cc1. The molecular formula is C61H72N12O7S. The number of H-pyrrole nitrogens is 1. The number of para-hydroxylation sites is 1. The van der Waals surface area contributed by atoms with Crippen LogP contribution in [0.4, 0.5) is 11.5 Å². The van der Waals surface area contributed by atoms with Crippen molar-refractivity contribution in [2.75, 3.05) is 75.2 Å². The number of hydrogen-bond acceptors (Lipinski definition) is 17. The van der Waals surface area contributed by atoms with Gasteiger partial charge in [0.1, 0.15) is 23.8 Å². The van der Waals surface area contributed by atoms with Crippen molar-refractivity contribution < 1.29 is 29.1 Å². The van der Waals surface area contributed by atoms with Crippen LogP contribution >= 0.6 is 11.3 Å². The molecule has 1 saturated carbocycles. The number of ether oxygens (including phenoxy) is 1. The molecule has 0 radical (unpaired) electrons. The van der Waals surface area contributed by atoms with Crippen LogP contribution in [0.3, 0.4) is 0 Å². The number of hydrogen-bond donors (Lipinski definition) is 4. The molecule has 0 unspecified atom stereocenters. The van der Waals surface area contributed by atoms with E-state index in [1.54, 1.807) is 35.7 Å². The van der Waals surface area contributed by atoms with Crippen molar-refractivity contribution in [2.45, 2.75) is 103 Å². The van der Waals surface area contributed by atoms with Gasteiger partial charge >= 0.3 is 0 Å².